The topological polar surface area (TPSA) is 38.1 Å². The smallest absolute Gasteiger partial charge is 0.137 e. The van der Waals surface area contributed by atoms with E-state index in [1.807, 2.05) is 13.8 Å². The lowest BCUT2D eigenvalue weighted by Crippen LogP contribution is -2.33. The van der Waals surface area contributed by atoms with Crippen molar-refractivity contribution in [3.8, 4) is 0 Å². The molecule has 0 aliphatic carbocycles. The Labute approximate surface area is 98.6 Å². The van der Waals surface area contributed by atoms with Crippen molar-refractivity contribution in [1.29, 1.82) is 0 Å². The van der Waals surface area contributed by atoms with Crippen molar-refractivity contribution >= 4 is 0 Å². The van der Waals surface area contributed by atoms with E-state index >= 15 is 0 Å². The lowest BCUT2D eigenvalue weighted by atomic mass is 10.0. The zero-order valence-corrected chi connectivity index (χ0v) is 11.1. The van der Waals surface area contributed by atoms with Gasteiger partial charge in [0.05, 0.1) is 5.69 Å². The molecule has 92 valence electrons. The zero-order chi connectivity index (χ0) is 12.1. The summed E-state index contributed by atoms with van der Waals surface area (Å²) < 4.78 is 5.14. The maximum atomic E-state index is 5.14. The molecule has 3 nitrogen and oxygen atoms in total. The summed E-state index contributed by atoms with van der Waals surface area (Å²) in [5.74, 6) is 1.68. The van der Waals surface area contributed by atoms with Crippen molar-refractivity contribution in [3.05, 3.63) is 17.0 Å². The fraction of sp³-hybridized carbons (Fsp3) is 0.769. The van der Waals surface area contributed by atoms with Crippen molar-refractivity contribution in [1.82, 2.24) is 10.5 Å². The van der Waals surface area contributed by atoms with Crippen LogP contribution in [-0.4, -0.2) is 17.7 Å². The maximum absolute atomic E-state index is 5.14. The molecule has 0 spiro atoms. The summed E-state index contributed by atoms with van der Waals surface area (Å²) in [4.78, 5) is 0. The highest BCUT2D eigenvalue weighted by Gasteiger charge is 2.11. The Morgan fingerprint density at radius 2 is 2.00 bits per heavy atom. The van der Waals surface area contributed by atoms with Crippen molar-refractivity contribution in [3.63, 3.8) is 0 Å². The molecule has 0 bridgehead atoms. The van der Waals surface area contributed by atoms with Crippen LogP contribution in [0.4, 0.5) is 0 Å². The molecule has 2 atom stereocenters. The van der Waals surface area contributed by atoms with E-state index in [1.54, 1.807) is 0 Å². The van der Waals surface area contributed by atoms with Crippen LogP contribution >= 0.6 is 0 Å². The van der Waals surface area contributed by atoms with Gasteiger partial charge in [-0.25, -0.2) is 0 Å². The van der Waals surface area contributed by atoms with Gasteiger partial charge in [-0.3, -0.25) is 0 Å². The Balaban J connectivity index is 2.36. The summed E-state index contributed by atoms with van der Waals surface area (Å²) in [6.45, 7) is 11.7. The zero-order valence-electron chi connectivity index (χ0n) is 11.1. The maximum Gasteiger partial charge on any atom is 0.137 e. The van der Waals surface area contributed by atoms with E-state index in [9.17, 15) is 0 Å². The van der Waals surface area contributed by atoms with Crippen LogP contribution in [0, 0.1) is 19.8 Å². The third kappa shape index (κ3) is 3.34. The summed E-state index contributed by atoms with van der Waals surface area (Å²) in [5, 5.41) is 7.52. The van der Waals surface area contributed by atoms with Gasteiger partial charge in [0.2, 0.25) is 0 Å². The predicted molar refractivity (Wildman–Crippen MR) is 66.6 cm³/mol. The van der Waals surface area contributed by atoms with Crippen LogP contribution in [0.25, 0.3) is 0 Å². The SMILES string of the molecule is CCC(C)C(C)NCCc1c(C)noc1C. The fourth-order valence-corrected chi connectivity index (χ4v) is 1.84. The quantitative estimate of drug-likeness (QED) is 0.807. The molecule has 1 rings (SSSR count). The first-order valence-corrected chi connectivity index (χ1v) is 6.21. The third-order valence-corrected chi connectivity index (χ3v) is 3.52. The van der Waals surface area contributed by atoms with Crippen LogP contribution in [0.1, 0.15) is 44.2 Å². The summed E-state index contributed by atoms with van der Waals surface area (Å²) in [7, 11) is 0. The highest BCUT2D eigenvalue weighted by atomic mass is 16.5. The summed E-state index contributed by atoms with van der Waals surface area (Å²) in [6, 6.07) is 0.575. The number of hydrogen-bond acceptors (Lipinski definition) is 3. The molecule has 16 heavy (non-hydrogen) atoms. The van der Waals surface area contributed by atoms with Crippen LogP contribution in [-0.2, 0) is 6.42 Å². The minimum Gasteiger partial charge on any atom is -0.361 e. The minimum atomic E-state index is 0.575. The van der Waals surface area contributed by atoms with E-state index < -0.39 is 0 Å². The van der Waals surface area contributed by atoms with E-state index in [2.05, 4.69) is 31.2 Å². The highest BCUT2D eigenvalue weighted by Crippen LogP contribution is 2.13. The molecule has 3 heteroatoms. The van der Waals surface area contributed by atoms with Gasteiger partial charge in [-0.1, -0.05) is 25.4 Å². The van der Waals surface area contributed by atoms with Gasteiger partial charge in [0, 0.05) is 11.6 Å². The highest BCUT2D eigenvalue weighted by molar-refractivity contribution is 5.20. The summed E-state index contributed by atoms with van der Waals surface area (Å²) >= 11 is 0. The first-order chi connectivity index (χ1) is 7.56. The molecule has 0 aliphatic rings. The molecule has 1 heterocycles. The second kappa shape index (κ2) is 6.04. The first-order valence-electron chi connectivity index (χ1n) is 6.21. The minimum absolute atomic E-state index is 0.575. The average Bonchev–Trinajstić information content (AvgIpc) is 2.59. The second-order valence-electron chi connectivity index (χ2n) is 4.68. The predicted octanol–water partition coefficient (Wildman–Crippen LogP) is 2.86. The van der Waals surface area contributed by atoms with Gasteiger partial charge >= 0.3 is 0 Å². The Morgan fingerprint density at radius 3 is 2.50 bits per heavy atom. The number of nitrogens with zero attached hydrogens (tertiary/aromatic N) is 1. The monoisotopic (exact) mass is 224 g/mol. The van der Waals surface area contributed by atoms with Crippen LogP contribution in [0.2, 0.25) is 0 Å². The van der Waals surface area contributed by atoms with Gasteiger partial charge < -0.3 is 9.84 Å². The Hall–Kier alpha value is -0.830. The summed E-state index contributed by atoms with van der Waals surface area (Å²) in [6.07, 6.45) is 2.22. The van der Waals surface area contributed by atoms with Gasteiger partial charge in [-0.15, -0.1) is 0 Å². The number of nitrogens with one attached hydrogen (secondary N) is 1. The molecule has 2 unspecified atom stereocenters. The van der Waals surface area contributed by atoms with Crippen LogP contribution < -0.4 is 5.32 Å². The molecule has 1 N–H and O–H groups in total. The van der Waals surface area contributed by atoms with Crippen molar-refractivity contribution in [2.45, 2.75) is 53.5 Å². The van der Waals surface area contributed by atoms with Crippen LogP contribution in [0.5, 0.6) is 0 Å². The lowest BCUT2D eigenvalue weighted by molar-refractivity contribution is 0.387. The molecule has 0 fully saturated rings. The molecular weight excluding hydrogens is 200 g/mol. The van der Waals surface area contributed by atoms with Gasteiger partial charge in [-0.05, 0) is 39.7 Å². The molecule has 1 aromatic heterocycles. The average molecular weight is 224 g/mol. The molecule has 0 amide bonds. The largest absolute Gasteiger partial charge is 0.361 e. The first kappa shape index (κ1) is 13.2. The number of hydrogen-bond donors (Lipinski definition) is 1. The van der Waals surface area contributed by atoms with E-state index in [4.69, 9.17) is 4.52 Å². The molecule has 0 saturated heterocycles. The van der Waals surface area contributed by atoms with Gasteiger partial charge in [-0.2, -0.15) is 0 Å². The standard InChI is InChI=1S/C13H24N2O/c1-6-9(2)10(3)14-8-7-13-11(4)15-16-12(13)5/h9-10,14H,6-8H2,1-5H3. The van der Waals surface area contributed by atoms with Gasteiger partial charge in [0.25, 0.3) is 0 Å². The third-order valence-electron chi connectivity index (χ3n) is 3.52. The molecule has 0 aliphatic heterocycles. The molecule has 0 aromatic carbocycles. The molecule has 0 saturated carbocycles. The van der Waals surface area contributed by atoms with Crippen LogP contribution in [0.15, 0.2) is 4.52 Å². The normalized spacial score (nSPS) is 15.1. The molecule has 1 aromatic rings. The van der Waals surface area contributed by atoms with Gasteiger partial charge in [0.15, 0.2) is 0 Å². The fourth-order valence-electron chi connectivity index (χ4n) is 1.84. The molecule has 0 radical (unpaired) electrons. The van der Waals surface area contributed by atoms with Gasteiger partial charge in [0.1, 0.15) is 5.76 Å². The summed E-state index contributed by atoms with van der Waals surface area (Å²) in [5.41, 5.74) is 2.28. The Kier molecular flexibility index (Phi) is 5.00. The van der Waals surface area contributed by atoms with Crippen molar-refractivity contribution in [2.75, 3.05) is 6.54 Å². The Morgan fingerprint density at radius 1 is 1.31 bits per heavy atom. The second-order valence-corrected chi connectivity index (χ2v) is 4.68. The number of aromatic nitrogens is 1. The number of rotatable bonds is 6. The molecular formula is C13H24N2O. The lowest BCUT2D eigenvalue weighted by Gasteiger charge is -2.19. The van der Waals surface area contributed by atoms with E-state index in [0.29, 0.717) is 6.04 Å². The van der Waals surface area contributed by atoms with E-state index in [0.717, 1.165) is 30.3 Å². The number of aryl methyl sites for hydroxylation is 2. The Bertz CT molecular complexity index is 300. The van der Waals surface area contributed by atoms with E-state index in [1.165, 1.54) is 12.0 Å². The van der Waals surface area contributed by atoms with Crippen molar-refractivity contribution < 1.29 is 4.52 Å². The van der Waals surface area contributed by atoms with Crippen LogP contribution in [0.3, 0.4) is 0 Å². The van der Waals surface area contributed by atoms with E-state index in [-0.39, 0.29) is 0 Å². The van der Waals surface area contributed by atoms with Crippen molar-refractivity contribution in [2.24, 2.45) is 5.92 Å².